The van der Waals surface area contributed by atoms with E-state index in [2.05, 4.69) is 59.5 Å². The van der Waals surface area contributed by atoms with Gasteiger partial charge >= 0.3 is 0 Å². The highest BCUT2D eigenvalue weighted by Crippen LogP contribution is 2.32. The van der Waals surface area contributed by atoms with Crippen LogP contribution in [0.15, 0.2) is 54.6 Å². The lowest BCUT2D eigenvalue weighted by atomic mass is 9.84. The first kappa shape index (κ1) is 16.6. The molecule has 1 aliphatic carbocycles. The number of hydrogen-bond donors (Lipinski definition) is 1. The van der Waals surface area contributed by atoms with Crippen molar-refractivity contribution in [3.8, 4) is 0 Å². The van der Waals surface area contributed by atoms with Crippen LogP contribution in [0.5, 0.6) is 0 Å². The summed E-state index contributed by atoms with van der Waals surface area (Å²) in [5.74, 6) is 0.564. The minimum absolute atomic E-state index is 0.146. The number of aliphatic hydroxyl groups excluding tert-OH is 1. The Labute approximate surface area is 150 Å². The van der Waals surface area contributed by atoms with E-state index >= 15 is 0 Å². The first-order valence-corrected chi connectivity index (χ1v) is 9.50. The minimum atomic E-state index is 0.146. The third-order valence-electron chi connectivity index (χ3n) is 5.71. The monoisotopic (exact) mass is 333 g/mol. The van der Waals surface area contributed by atoms with Gasteiger partial charge in [-0.25, -0.2) is 0 Å². The smallest absolute Gasteiger partial charge is 0.0684 e. The summed E-state index contributed by atoms with van der Waals surface area (Å²) < 4.78 is 0. The van der Waals surface area contributed by atoms with E-state index in [0.29, 0.717) is 5.92 Å². The van der Waals surface area contributed by atoms with E-state index in [1.807, 2.05) is 0 Å². The molecule has 1 atom stereocenters. The molecule has 0 amide bonds. The molecule has 4 rings (SSSR count). The van der Waals surface area contributed by atoms with E-state index in [-0.39, 0.29) is 6.61 Å². The summed E-state index contributed by atoms with van der Waals surface area (Å²) in [5, 5.41) is 9.74. The standard InChI is InChI=1S/C23H27NO/c25-17-22-11-10-18(14-23(22)20-7-2-1-3-8-20)15-24-13-12-19-6-4-5-9-21(19)16-24/h1-2,4-6,9-11,14,20,25H,3,7-8,12-13,15-17H2. The quantitative estimate of drug-likeness (QED) is 0.829. The van der Waals surface area contributed by atoms with Gasteiger partial charge in [0, 0.05) is 19.6 Å². The van der Waals surface area contributed by atoms with Crippen molar-refractivity contribution in [3.05, 3.63) is 82.4 Å². The molecule has 130 valence electrons. The van der Waals surface area contributed by atoms with Gasteiger partial charge in [-0.3, -0.25) is 4.90 Å². The molecule has 0 bridgehead atoms. The molecule has 1 heterocycles. The number of fused-ring (bicyclic) bond motifs is 1. The molecule has 0 spiro atoms. The second-order valence-corrected chi connectivity index (χ2v) is 7.40. The molecule has 0 saturated carbocycles. The summed E-state index contributed by atoms with van der Waals surface area (Å²) in [7, 11) is 0. The summed E-state index contributed by atoms with van der Waals surface area (Å²) in [6.07, 6.45) is 9.18. The van der Waals surface area contributed by atoms with E-state index in [1.165, 1.54) is 28.7 Å². The Hall–Kier alpha value is -1.90. The van der Waals surface area contributed by atoms with Gasteiger partial charge in [-0.15, -0.1) is 0 Å². The Balaban J connectivity index is 1.52. The van der Waals surface area contributed by atoms with Crippen LogP contribution >= 0.6 is 0 Å². The van der Waals surface area contributed by atoms with Crippen LogP contribution in [0, 0.1) is 0 Å². The molecule has 2 aromatic rings. The molecule has 1 N–H and O–H groups in total. The third-order valence-corrected chi connectivity index (χ3v) is 5.71. The Morgan fingerprint density at radius 3 is 2.72 bits per heavy atom. The fraction of sp³-hybridized carbons (Fsp3) is 0.391. The Morgan fingerprint density at radius 2 is 1.92 bits per heavy atom. The van der Waals surface area contributed by atoms with Crippen LogP contribution in [-0.4, -0.2) is 16.6 Å². The van der Waals surface area contributed by atoms with Crippen molar-refractivity contribution in [2.45, 2.75) is 51.3 Å². The fourth-order valence-corrected chi connectivity index (χ4v) is 4.29. The number of aliphatic hydroxyl groups is 1. The van der Waals surface area contributed by atoms with E-state index in [4.69, 9.17) is 0 Å². The minimum Gasteiger partial charge on any atom is -0.392 e. The van der Waals surface area contributed by atoms with E-state index in [9.17, 15) is 5.11 Å². The van der Waals surface area contributed by atoms with Gasteiger partial charge in [-0.2, -0.15) is 0 Å². The topological polar surface area (TPSA) is 23.5 Å². The number of allylic oxidation sites excluding steroid dienone is 2. The van der Waals surface area contributed by atoms with E-state index < -0.39 is 0 Å². The summed E-state index contributed by atoms with van der Waals surface area (Å²) in [6, 6.07) is 15.5. The van der Waals surface area contributed by atoms with Crippen molar-refractivity contribution in [2.75, 3.05) is 6.54 Å². The highest BCUT2D eigenvalue weighted by Gasteiger charge is 2.19. The normalized spacial score (nSPS) is 20.4. The molecule has 1 aliphatic heterocycles. The second-order valence-electron chi connectivity index (χ2n) is 7.40. The zero-order chi connectivity index (χ0) is 17.1. The van der Waals surface area contributed by atoms with Crippen molar-refractivity contribution >= 4 is 0 Å². The molecule has 0 fully saturated rings. The van der Waals surface area contributed by atoms with Gasteiger partial charge in [0.2, 0.25) is 0 Å². The predicted molar refractivity (Wildman–Crippen MR) is 102 cm³/mol. The van der Waals surface area contributed by atoms with Gasteiger partial charge in [-0.05, 0) is 59.4 Å². The summed E-state index contributed by atoms with van der Waals surface area (Å²) >= 11 is 0. The molecule has 2 heteroatoms. The van der Waals surface area contributed by atoms with Crippen LogP contribution in [0.3, 0.4) is 0 Å². The number of rotatable bonds is 4. The van der Waals surface area contributed by atoms with Crippen LogP contribution in [0.1, 0.15) is 53.0 Å². The van der Waals surface area contributed by atoms with Crippen LogP contribution in [0.4, 0.5) is 0 Å². The average Bonchev–Trinajstić information content (AvgIpc) is 2.68. The van der Waals surface area contributed by atoms with Crippen molar-refractivity contribution < 1.29 is 5.11 Å². The highest BCUT2D eigenvalue weighted by atomic mass is 16.3. The van der Waals surface area contributed by atoms with Crippen molar-refractivity contribution in [2.24, 2.45) is 0 Å². The second kappa shape index (κ2) is 7.55. The van der Waals surface area contributed by atoms with Crippen molar-refractivity contribution in [1.29, 1.82) is 0 Å². The van der Waals surface area contributed by atoms with Crippen molar-refractivity contribution in [3.63, 3.8) is 0 Å². The maximum Gasteiger partial charge on any atom is 0.0684 e. The van der Waals surface area contributed by atoms with Gasteiger partial charge < -0.3 is 5.11 Å². The maximum atomic E-state index is 9.74. The first-order valence-electron chi connectivity index (χ1n) is 9.50. The third kappa shape index (κ3) is 3.70. The molecule has 2 nitrogen and oxygen atoms in total. The fourth-order valence-electron chi connectivity index (χ4n) is 4.29. The van der Waals surface area contributed by atoms with Gasteiger partial charge in [0.05, 0.1) is 6.61 Å². The zero-order valence-electron chi connectivity index (χ0n) is 14.8. The summed E-state index contributed by atoms with van der Waals surface area (Å²) in [4.78, 5) is 2.54. The SMILES string of the molecule is OCc1ccc(CN2CCc3ccccc3C2)cc1C1CC=CCC1. The van der Waals surface area contributed by atoms with Gasteiger partial charge in [0.25, 0.3) is 0 Å². The molecule has 2 aromatic carbocycles. The molecule has 2 aliphatic rings. The predicted octanol–water partition coefficient (Wildman–Crippen LogP) is 4.56. The Morgan fingerprint density at radius 1 is 1.04 bits per heavy atom. The molecule has 0 saturated heterocycles. The van der Waals surface area contributed by atoms with Crippen LogP contribution in [-0.2, 0) is 26.1 Å². The molecule has 0 radical (unpaired) electrons. The van der Waals surface area contributed by atoms with Crippen LogP contribution < -0.4 is 0 Å². The molecular weight excluding hydrogens is 306 g/mol. The Kier molecular flexibility index (Phi) is 5.00. The number of nitrogens with zero attached hydrogens (tertiary/aromatic N) is 1. The Bertz CT molecular complexity index is 764. The van der Waals surface area contributed by atoms with Crippen LogP contribution in [0.25, 0.3) is 0 Å². The van der Waals surface area contributed by atoms with E-state index in [0.717, 1.165) is 44.5 Å². The molecule has 1 unspecified atom stereocenters. The van der Waals surface area contributed by atoms with Crippen molar-refractivity contribution in [1.82, 2.24) is 4.90 Å². The maximum absolute atomic E-state index is 9.74. The van der Waals surface area contributed by atoms with Crippen LogP contribution in [0.2, 0.25) is 0 Å². The first-order chi connectivity index (χ1) is 12.3. The lowest BCUT2D eigenvalue weighted by molar-refractivity contribution is 0.245. The number of benzene rings is 2. The number of hydrogen-bond acceptors (Lipinski definition) is 2. The van der Waals surface area contributed by atoms with E-state index in [1.54, 1.807) is 0 Å². The van der Waals surface area contributed by atoms with Gasteiger partial charge in [0.1, 0.15) is 0 Å². The lowest BCUT2D eigenvalue weighted by Gasteiger charge is -2.29. The van der Waals surface area contributed by atoms with Gasteiger partial charge in [0.15, 0.2) is 0 Å². The zero-order valence-corrected chi connectivity index (χ0v) is 14.8. The largest absolute Gasteiger partial charge is 0.392 e. The molecular formula is C23H27NO. The van der Waals surface area contributed by atoms with Gasteiger partial charge in [-0.1, -0.05) is 54.6 Å². The summed E-state index contributed by atoms with van der Waals surface area (Å²) in [5.41, 5.74) is 6.82. The molecule has 25 heavy (non-hydrogen) atoms. The average molecular weight is 333 g/mol. The lowest BCUT2D eigenvalue weighted by Crippen LogP contribution is -2.30. The molecule has 0 aromatic heterocycles. The highest BCUT2D eigenvalue weighted by molar-refractivity contribution is 5.36. The summed E-state index contributed by atoms with van der Waals surface area (Å²) in [6.45, 7) is 3.31.